The monoisotopic (exact) mass is 433 g/mol. The molecule has 4 rings (SSSR count). The van der Waals surface area contributed by atoms with Gasteiger partial charge in [0, 0.05) is 37.4 Å². The minimum atomic E-state index is -0.0802. The zero-order valence-corrected chi connectivity index (χ0v) is 18.5. The van der Waals surface area contributed by atoms with Gasteiger partial charge in [0.05, 0.1) is 19.9 Å². The van der Waals surface area contributed by atoms with E-state index >= 15 is 0 Å². The first-order valence-corrected chi connectivity index (χ1v) is 10.5. The Kier molecular flexibility index (Phi) is 6.39. The molecule has 1 aliphatic rings. The van der Waals surface area contributed by atoms with Crippen molar-refractivity contribution in [1.82, 2.24) is 15.1 Å². The Morgan fingerprint density at radius 1 is 0.875 bits per heavy atom. The standard InChI is InChI=1S/C24H27N5O3/c1-17-4-7-19(8-5-17)25-24(30)29-14-12-28(13-15-29)23-11-9-20(26-27-23)18-6-10-21(31-2)22(16-18)32-3/h4-11,16H,12-15H2,1-3H3,(H,25,30). The average molecular weight is 434 g/mol. The number of hydrogen-bond donors (Lipinski definition) is 1. The van der Waals surface area contributed by atoms with Crippen LogP contribution in [0.4, 0.5) is 16.3 Å². The first-order valence-electron chi connectivity index (χ1n) is 10.5. The van der Waals surface area contributed by atoms with Crippen LogP contribution < -0.4 is 19.7 Å². The molecule has 2 amide bonds. The van der Waals surface area contributed by atoms with Crippen LogP contribution in [-0.4, -0.2) is 61.5 Å². The highest BCUT2D eigenvalue weighted by Gasteiger charge is 2.22. The van der Waals surface area contributed by atoms with Crippen LogP contribution in [0.2, 0.25) is 0 Å². The van der Waals surface area contributed by atoms with E-state index in [4.69, 9.17) is 9.47 Å². The summed E-state index contributed by atoms with van der Waals surface area (Å²) < 4.78 is 10.7. The van der Waals surface area contributed by atoms with E-state index in [0.717, 1.165) is 28.3 Å². The summed E-state index contributed by atoms with van der Waals surface area (Å²) in [5.41, 5.74) is 3.62. The summed E-state index contributed by atoms with van der Waals surface area (Å²) in [7, 11) is 3.22. The van der Waals surface area contributed by atoms with Gasteiger partial charge in [0.2, 0.25) is 0 Å². The van der Waals surface area contributed by atoms with Gasteiger partial charge in [-0.1, -0.05) is 17.7 Å². The molecule has 2 aromatic carbocycles. The number of hydrogen-bond acceptors (Lipinski definition) is 6. The summed E-state index contributed by atoms with van der Waals surface area (Å²) in [5, 5.41) is 11.8. The van der Waals surface area contributed by atoms with E-state index in [1.54, 1.807) is 14.2 Å². The second-order valence-corrected chi connectivity index (χ2v) is 7.62. The van der Waals surface area contributed by atoms with Gasteiger partial charge in [0.1, 0.15) is 0 Å². The van der Waals surface area contributed by atoms with Crippen molar-refractivity contribution in [2.24, 2.45) is 0 Å². The molecule has 3 aromatic rings. The Labute approximate surface area is 187 Å². The second-order valence-electron chi connectivity index (χ2n) is 7.62. The Morgan fingerprint density at radius 2 is 1.59 bits per heavy atom. The van der Waals surface area contributed by atoms with Crippen LogP contribution in [0.3, 0.4) is 0 Å². The molecule has 1 aliphatic heterocycles. The van der Waals surface area contributed by atoms with Gasteiger partial charge in [0.25, 0.3) is 0 Å². The fraction of sp³-hybridized carbons (Fsp3) is 0.292. The Balaban J connectivity index is 1.36. The largest absolute Gasteiger partial charge is 0.493 e. The second kappa shape index (κ2) is 9.55. The average Bonchev–Trinajstić information content (AvgIpc) is 2.85. The normalized spacial score (nSPS) is 13.6. The van der Waals surface area contributed by atoms with E-state index < -0.39 is 0 Å². The maximum absolute atomic E-state index is 12.5. The molecule has 166 valence electrons. The predicted molar refractivity (Wildman–Crippen MR) is 125 cm³/mol. The van der Waals surface area contributed by atoms with Gasteiger partial charge in [-0.15, -0.1) is 10.2 Å². The van der Waals surface area contributed by atoms with Crippen molar-refractivity contribution in [2.45, 2.75) is 6.92 Å². The lowest BCUT2D eigenvalue weighted by Crippen LogP contribution is -2.50. The first kappa shape index (κ1) is 21.4. The number of nitrogens with one attached hydrogen (secondary N) is 1. The highest BCUT2D eigenvalue weighted by Crippen LogP contribution is 2.31. The number of carbonyl (C=O) groups is 1. The molecule has 1 fully saturated rings. The number of amides is 2. The smallest absolute Gasteiger partial charge is 0.321 e. The quantitative estimate of drug-likeness (QED) is 0.659. The molecule has 1 N–H and O–H groups in total. The molecule has 0 aliphatic carbocycles. The van der Waals surface area contributed by atoms with Gasteiger partial charge in [-0.05, 0) is 49.4 Å². The Hall–Kier alpha value is -3.81. The summed E-state index contributed by atoms with van der Waals surface area (Å²) in [4.78, 5) is 16.5. The number of benzene rings is 2. The molecule has 0 bridgehead atoms. The highest BCUT2D eigenvalue weighted by atomic mass is 16.5. The summed E-state index contributed by atoms with van der Waals surface area (Å²) in [6.07, 6.45) is 0. The van der Waals surface area contributed by atoms with Crippen molar-refractivity contribution in [2.75, 3.05) is 50.6 Å². The van der Waals surface area contributed by atoms with Crippen molar-refractivity contribution in [3.63, 3.8) is 0 Å². The number of methoxy groups -OCH3 is 2. The van der Waals surface area contributed by atoms with Crippen LogP contribution in [0.5, 0.6) is 11.5 Å². The predicted octanol–water partition coefficient (Wildman–Crippen LogP) is 3.82. The SMILES string of the molecule is COc1ccc(-c2ccc(N3CCN(C(=O)Nc4ccc(C)cc4)CC3)nn2)cc1OC. The van der Waals surface area contributed by atoms with Crippen LogP contribution in [0.15, 0.2) is 54.6 Å². The molecular formula is C24H27N5O3. The van der Waals surface area contributed by atoms with Crippen molar-refractivity contribution in [1.29, 1.82) is 0 Å². The zero-order valence-electron chi connectivity index (χ0n) is 18.5. The van der Waals surface area contributed by atoms with Gasteiger partial charge in [-0.2, -0.15) is 0 Å². The topological polar surface area (TPSA) is 79.8 Å². The fourth-order valence-corrected chi connectivity index (χ4v) is 3.62. The molecule has 32 heavy (non-hydrogen) atoms. The summed E-state index contributed by atoms with van der Waals surface area (Å²) in [5.74, 6) is 2.12. The van der Waals surface area contributed by atoms with E-state index in [0.29, 0.717) is 37.7 Å². The lowest BCUT2D eigenvalue weighted by Gasteiger charge is -2.35. The number of aryl methyl sites for hydroxylation is 1. The van der Waals surface area contributed by atoms with Gasteiger partial charge >= 0.3 is 6.03 Å². The lowest BCUT2D eigenvalue weighted by molar-refractivity contribution is 0.208. The number of anilines is 2. The molecule has 0 atom stereocenters. The molecule has 1 saturated heterocycles. The van der Waals surface area contributed by atoms with Crippen molar-refractivity contribution < 1.29 is 14.3 Å². The molecule has 0 radical (unpaired) electrons. The third-order valence-corrected chi connectivity index (χ3v) is 5.52. The summed E-state index contributed by atoms with van der Waals surface area (Å²) in [6, 6.07) is 17.3. The Morgan fingerprint density at radius 3 is 2.22 bits per heavy atom. The molecule has 8 heteroatoms. The first-order chi connectivity index (χ1) is 15.6. The van der Waals surface area contributed by atoms with E-state index in [1.165, 1.54) is 0 Å². The molecule has 0 spiro atoms. The van der Waals surface area contributed by atoms with E-state index in [1.807, 2.05) is 66.4 Å². The zero-order chi connectivity index (χ0) is 22.5. The third-order valence-electron chi connectivity index (χ3n) is 5.52. The number of ether oxygens (including phenoxy) is 2. The molecule has 0 unspecified atom stereocenters. The Bertz CT molecular complexity index is 1060. The number of aromatic nitrogens is 2. The van der Waals surface area contributed by atoms with E-state index in [-0.39, 0.29) is 6.03 Å². The van der Waals surface area contributed by atoms with Crippen LogP contribution in [0.25, 0.3) is 11.3 Å². The molecule has 0 saturated carbocycles. The van der Waals surface area contributed by atoms with Gasteiger partial charge in [0.15, 0.2) is 17.3 Å². The number of nitrogens with zero attached hydrogens (tertiary/aromatic N) is 4. The van der Waals surface area contributed by atoms with E-state index in [9.17, 15) is 4.79 Å². The van der Waals surface area contributed by atoms with Crippen LogP contribution in [-0.2, 0) is 0 Å². The van der Waals surface area contributed by atoms with Gasteiger partial charge < -0.3 is 24.6 Å². The molecule has 2 heterocycles. The van der Waals surface area contributed by atoms with Crippen LogP contribution in [0.1, 0.15) is 5.56 Å². The maximum Gasteiger partial charge on any atom is 0.321 e. The van der Waals surface area contributed by atoms with E-state index in [2.05, 4.69) is 20.4 Å². The maximum atomic E-state index is 12.5. The summed E-state index contributed by atoms with van der Waals surface area (Å²) in [6.45, 7) is 4.67. The minimum absolute atomic E-state index is 0.0802. The molecule has 1 aromatic heterocycles. The lowest BCUT2D eigenvalue weighted by atomic mass is 10.1. The summed E-state index contributed by atoms with van der Waals surface area (Å²) >= 11 is 0. The third kappa shape index (κ3) is 4.74. The van der Waals surface area contributed by atoms with Crippen LogP contribution >= 0.6 is 0 Å². The molecule has 8 nitrogen and oxygen atoms in total. The van der Waals surface area contributed by atoms with Crippen LogP contribution in [0, 0.1) is 6.92 Å². The number of carbonyl (C=O) groups excluding carboxylic acids is 1. The fourth-order valence-electron chi connectivity index (χ4n) is 3.62. The van der Waals surface area contributed by atoms with Crippen molar-refractivity contribution >= 4 is 17.5 Å². The number of rotatable bonds is 5. The number of piperazine rings is 1. The van der Waals surface area contributed by atoms with Gasteiger partial charge in [-0.25, -0.2) is 4.79 Å². The minimum Gasteiger partial charge on any atom is -0.493 e. The van der Waals surface area contributed by atoms with Gasteiger partial charge in [-0.3, -0.25) is 0 Å². The molecular weight excluding hydrogens is 406 g/mol. The van der Waals surface area contributed by atoms with Crippen molar-refractivity contribution in [3.05, 3.63) is 60.2 Å². The highest BCUT2D eigenvalue weighted by molar-refractivity contribution is 5.89. The number of urea groups is 1. The van der Waals surface area contributed by atoms with Crippen molar-refractivity contribution in [3.8, 4) is 22.8 Å².